The molecule has 0 saturated heterocycles. The van der Waals surface area contributed by atoms with Gasteiger partial charge >= 0.3 is 0 Å². The highest BCUT2D eigenvalue weighted by atomic mass is 19.1. The molecule has 0 bridgehead atoms. The van der Waals surface area contributed by atoms with Gasteiger partial charge in [0.25, 0.3) is 5.91 Å². The molecule has 1 aromatic rings. The van der Waals surface area contributed by atoms with E-state index in [1.54, 1.807) is 12.1 Å². The number of halogens is 1. The fourth-order valence-corrected chi connectivity index (χ4v) is 1.53. The Bertz CT molecular complexity index is 515. The predicted octanol–water partition coefficient (Wildman–Crippen LogP) is 1.89. The molecule has 0 unspecified atom stereocenters. The number of nitrogens with one attached hydrogen (secondary N) is 2. The number of benzene rings is 1. The molecule has 5 heteroatoms. The van der Waals surface area contributed by atoms with Crippen molar-refractivity contribution in [2.75, 3.05) is 6.54 Å². The molecule has 4 nitrogen and oxygen atoms in total. The highest BCUT2D eigenvalue weighted by molar-refractivity contribution is 5.97. The van der Waals surface area contributed by atoms with Gasteiger partial charge in [0, 0.05) is 18.8 Å². The second-order valence-corrected chi connectivity index (χ2v) is 4.63. The summed E-state index contributed by atoms with van der Waals surface area (Å²) in [5, 5.41) is 14.5. The third-order valence-corrected chi connectivity index (χ3v) is 2.50. The average Bonchev–Trinajstić information content (AvgIpc) is 2.40. The number of carbonyl (C=O) groups excluding carboxylic acids is 1. The number of hydrogen-bond donors (Lipinski definition) is 2. The summed E-state index contributed by atoms with van der Waals surface area (Å²) in [5.74, 6) is -0.657. The molecule has 106 valence electrons. The minimum absolute atomic E-state index is 0.0153. The van der Waals surface area contributed by atoms with E-state index in [1.165, 1.54) is 18.3 Å². The van der Waals surface area contributed by atoms with Gasteiger partial charge in [-0.05, 0) is 38.0 Å². The van der Waals surface area contributed by atoms with Crippen molar-refractivity contribution in [3.63, 3.8) is 0 Å². The Morgan fingerprint density at radius 2 is 2.05 bits per heavy atom. The van der Waals surface area contributed by atoms with Gasteiger partial charge in [0.2, 0.25) is 0 Å². The number of nitrogens with zero attached hydrogens (tertiary/aromatic N) is 1. The molecule has 1 rings (SSSR count). The van der Waals surface area contributed by atoms with Gasteiger partial charge in [-0.1, -0.05) is 12.1 Å². The number of rotatable bonds is 6. The zero-order valence-electron chi connectivity index (χ0n) is 11.6. The van der Waals surface area contributed by atoms with Crippen molar-refractivity contribution in [3.8, 4) is 6.07 Å². The molecule has 2 N–H and O–H groups in total. The van der Waals surface area contributed by atoms with Crippen molar-refractivity contribution in [2.45, 2.75) is 26.3 Å². The SMILES string of the molecule is CC(C)NC(=O)/C(C#N)=C\NCCc1ccc(F)cc1. The molecule has 1 amide bonds. The molecule has 0 radical (unpaired) electrons. The van der Waals surface area contributed by atoms with Gasteiger partial charge in [0.05, 0.1) is 0 Å². The Balaban J connectivity index is 2.44. The first-order chi connectivity index (χ1) is 9.52. The van der Waals surface area contributed by atoms with Crippen LogP contribution in [0, 0.1) is 17.1 Å². The van der Waals surface area contributed by atoms with E-state index in [0.717, 1.165) is 5.56 Å². The van der Waals surface area contributed by atoms with Crippen LogP contribution in [0.15, 0.2) is 36.0 Å². The lowest BCUT2D eigenvalue weighted by molar-refractivity contribution is -0.117. The van der Waals surface area contributed by atoms with E-state index in [1.807, 2.05) is 19.9 Å². The van der Waals surface area contributed by atoms with Crippen molar-refractivity contribution in [1.29, 1.82) is 5.26 Å². The van der Waals surface area contributed by atoms with Gasteiger partial charge in [0.15, 0.2) is 0 Å². The third kappa shape index (κ3) is 5.53. The Morgan fingerprint density at radius 3 is 2.60 bits per heavy atom. The van der Waals surface area contributed by atoms with Crippen molar-refractivity contribution in [1.82, 2.24) is 10.6 Å². The van der Waals surface area contributed by atoms with Crippen LogP contribution in [-0.4, -0.2) is 18.5 Å². The summed E-state index contributed by atoms with van der Waals surface area (Å²) in [7, 11) is 0. The summed E-state index contributed by atoms with van der Waals surface area (Å²) in [6.45, 7) is 4.22. The van der Waals surface area contributed by atoms with Crippen molar-refractivity contribution >= 4 is 5.91 Å². The van der Waals surface area contributed by atoms with Crippen LogP contribution in [0.25, 0.3) is 0 Å². The van der Waals surface area contributed by atoms with Gasteiger partial charge in [-0.25, -0.2) is 4.39 Å². The Morgan fingerprint density at radius 1 is 1.40 bits per heavy atom. The van der Waals surface area contributed by atoms with Crippen molar-refractivity contribution in [3.05, 3.63) is 47.4 Å². The highest BCUT2D eigenvalue weighted by Gasteiger charge is 2.09. The fraction of sp³-hybridized carbons (Fsp3) is 0.333. The quantitative estimate of drug-likeness (QED) is 0.473. The Kier molecular flexibility index (Phi) is 6.24. The third-order valence-electron chi connectivity index (χ3n) is 2.50. The van der Waals surface area contributed by atoms with Gasteiger partial charge in [-0.2, -0.15) is 5.26 Å². The summed E-state index contributed by atoms with van der Waals surface area (Å²) in [5.41, 5.74) is 1.02. The van der Waals surface area contributed by atoms with E-state index in [4.69, 9.17) is 5.26 Å². The first-order valence-corrected chi connectivity index (χ1v) is 6.42. The zero-order chi connectivity index (χ0) is 15.0. The van der Waals surface area contributed by atoms with Crippen molar-refractivity contribution in [2.24, 2.45) is 0 Å². The van der Waals surface area contributed by atoms with Crippen LogP contribution in [0.5, 0.6) is 0 Å². The average molecular weight is 275 g/mol. The van der Waals surface area contributed by atoms with E-state index >= 15 is 0 Å². The van der Waals surface area contributed by atoms with E-state index < -0.39 is 5.91 Å². The van der Waals surface area contributed by atoms with Crippen LogP contribution in [0.3, 0.4) is 0 Å². The normalized spacial score (nSPS) is 11.1. The minimum atomic E-state index is -0.392. The smallest absolute Gasteiger partial charge is 0.263 e. The summed E-state index contributed by atoms with van der Waals surface area (Å²) < 4.78 is 12.7. The lowest BCUT2D eigenvalue weighted by Crippen LogP contribution is -2.31. The van der Waals surface area contributed by atoms with E-state index in [2.05, 4.69) is 10.6 Å². The summed E-state index contributed by atoms with van der Waals surface area (Å²) >= 11 is 0. The maximum absolute atomic E-state index is 12.7. The second kappa shape index (κ2) is 7.95. The van der Waals surface area contributed by atoms with Gasteiger partial charge in [0.1, 0.15) is 17.5 Å². The molecule has 0 atom stereocenters. The first kappa shape index (κ1) is 15.7. The number of amides is 1. The molecule has 0 aliphatic heterocycles. The van der Waals surface area contributed by atoms with Crippen molar-refractivity contribution < 1.29 is 9.18 Å². The van der Waals surface area contributed by atoms with Gasteiger partial charge < -0.3 is 10.6 Å². The zero-order valence-corrected chi connectivity index (χ0v) is 11.6. The molecule has 1 aromatic carbocycles. The lowest BCUT2D eigenvalue weighted by atomic mass is 10.1. The van der Waals surface area contributed by atoms with E-state index in [9.17, 15) is 9.18 Å². The Labute approximate surface area is 118 Å². The maximum Gasteiger partial charge on any atom is 0.263 e. The molecular weight excluding hydrogens is 257 g/mol. The molecular formula is C15H18FN3O. The summed E-state index contributed by atoms with van der Waals surface area (Å²) in [6, 6.07) is 8.06. The standard InChI is InChI=1S/C15H18FN3O/c1-11(2)19-15(20)13(9-17)10-18-8-7-12-3-5-14(16)6-4-12/h3-6,10-11,18H,7-8H2,1-2H3,(H,19,20)/b13-10-. The van der Waals surface area contributed by atoms with Gasteiger partial charge in [-0.15, -0.1) is 0 Å². The van der Waals surface area contributed by atoms with Crippen LogP contribution in [0.2, 0.25) is 0 Å². The monoisotopic (exact) mass is 275 g/mol. The Hall–Kier alpha value is -2.35. The molecule has 0 fully saturated rings. The first-order valence-electron chi connectivity index (χ1n) is 6.42. The van der Waals surface area contributed by atoms with Crippen LogP contribution in [0.1, 0.15) is 19.4 Å². The fourth-order valence-electron chi connectivity index (χ4n) is 1.53. The largest absolute Gasteiger partial charge is 0.389 e. The minimum Gasteiger partial charge on any atom is -0.389 e. The highest BCUT2D eigenvalue weighted by Crippen LogP contribution is 2.02. The second-order valence-electron chi connectivity index (χ2n) is 4.63. The molecule has 0 heterocycles. The number of hydrogen-bond acceptors (Lipinski definition) is 3. The summed E-state index contributed by atoms with van der Waals surface area (Å²) in [6.07, 6.45) is 2.09. The molecule has 0 saturated carbocycles. The van der Waals surface area contributed by atoms with Crippen LogP contribution < -0.4 is 10.6 Å². The van der Waals surface area contributed by atoms with Crippen LogP contribution in [0.4, 0.5) is 4.39 Å². The maximum atomic E-state index is 12.7. The molecule has 0 aliphatic rings. The lowest BCUT2D eigenvalue weighted by Gasteiger charge is -2.07. The van der Waals surface area contributed by atoms with Crippen LogP contribution in [-0.2, 0) is 11.2 Å². The molecule has 0 aliphatic carbocycles. The summed E-state index contributed by atoms with van der Waals surface area (Å²) in [4.78, 5) is 11.6. The predicted molar refractivity (Wildman–Crippen MR) is 75.1 cm³/mol. The van der Waals surface area contributed by atoms with Crippen LogP contribution >= 0.6 is 0 Å². The molecule has 20 heavy (non-hydrogen) atoms. The van der Waals surface area contributed by atoms with Gasteiger partial charge in [-0.3, -0.25) is 4.79 Å². The molecule has 0 spiro atoms. The number of carbonyl (C=O) groups is 1. The topological polar surface area (TPSA) is 64.9 Å². The molecule has 0 aromatic heterocycles. The van der Waals surface area contributed by atoms with E-state index in [-0.39, 0.29) is 17.4 Å². The van der Waals surface area contributed by atoms with E-state index in [0.29, 0.717) is 13.0 Å². The number of nitriles is 1.